The van der Waals surface area contributed by atoms with Crippen molar-refractivity contribution in [1.29, 1.82) is 0 Å². The van der Waals surface area contributed by atoms with E-state index in [1.165, 1.54) is 6.42 Å². The molecule has 0 bridgehead atoms. The molecule has 0 spiro atoms. The lowest BCUT2D eigenvalue weighted by Gasteiger charge is -2.29. The lowest BCUT2D eigenvalue weighted by molar-refractivity contribution is 0.0999. The van der Waals surface area contributed by atoms with Gasteiger partial charge in [-0.2, -0.15) is 0 Å². The second kappa shape index (κ2) is 7.46. The summed E-state index contributed by atoms with van der Waals surface area (Å²) in [5, 5.41) is 9.76. The zero-order valence-electron chi connectivity index (χ0n) is 11.2. The standard InChI is InChI=1S/C10H19NO2S.C2H6.H2O/c1-2-14(13)9-6-10(8-12)4-3-5-11(10)7-9;1-2;/h9,12H,2-8H2,1H3;1-2H3;1H2/t9?,10-,14+;;/m0../s1. The number of fused-ring (bicyclic) bond motifs is 1. The van der Waals surface area contributed by atoms with Crippen LogP contribution in [0.4, 0.5) is 0 Å². The number of nitrogens with zero attached hydrogens (tertiary/aromatic N) is 1. The van der Waals surface area contributed by atoms with Gasteiger partial charge in [-0.15, -0.1) is 0 Å². The van der Waals surface area contributed by atoms with Crippen LogP contribution in [0.3, 0.4) is 0 Å². The summed E-state index contributed by atoms with van der Waals surface area (Å²) in [7, 11) is -0.692. The molecule has 3 atom stereocenters. The average molecular weight is 265 g/mol. The third kappa shape index (κ3) is 3.28. The highest BCUT2D eigenvalue weighted by Gasteiger charge is 2.49. The van der Waals surface area contributed by atoms with Crippen molar-refractivity contribution in [3.8, 4) is 0 Å². The maximum Gasteiger partial charge on any atom is 0.0615 e. The van der Waals surface area contributed by atoms with E-state index in [-0.39, 0.29) is 17.6 Å². The van der Waals surface area contributed by atoms with Gasteiger partial charge in [0.1, 0.15) is 0 Å². The van der Waals surface area contributed by atoms with Gasteiger partial charge >= 0.3 is 0 Å². The van der Waals surface area contributed by atoms with Gasteiger partial charge < -0.3 is 10.6 Å². The third-order valence-electron chi connectivity index (χ3n) is 3.72. The van der Waals surface area contributed by atoms with E-state index in [1.807, 2.05) is 20.8 Å². The first-order valence-corrected chi connectivity index (χ1v) is 7.83. The fraction of sp³-hybridized carbons (Fsp3) is 1.00. The molecule has 17 heavy (non-hydrogen) atoms. The SMILES string of the molecule is CC.CC[S@@](=O)C1CN2CCC[C@@]2(CO)C1.O. The van der Waals surface area contributed by atoms with Crippen LogP contribution in [-0.2, 0) is 10.8 Å². The van der Waals surface area contributed by atoms with Crippen molar-refractivity contribution in [3.05, 3.63) is 0 Å². The minimum atomic E-state index is -0.692. The Kier molecular flexibility index (Phi) is 7.47. The van der Waals surface area contributed by atoms with E-state index < -0.39 is 10.8 Å². The lowest BCUT2D eigenvalue weighted by Crippen LogP contribution is -2.41. The summed E-state index contributed by atoms with van der Waals surface area (Å²) in [4.78, 5) is 2.35. The number of aliphatic hydroxyl groups is 1. The first-order chi connectivity index (χ1) is 7.72. The molecule has 0 amide bonds. The van der Waals surface area contributed by atoms with Gasteiger partial charge in [-0.25, -0.2) is 0 Å². The van der Waals surface area contributed by atoms with E-state index in [9.17, 15) is 9.32 Å². The molecule has 2 aliphatic rings. The smallest absolute Gasteiger partial charge is 0.0615 e. The van der Waals surface area contributed by atoms with Crippen LogP contribution in [-0.4, -0.2) is 55.9 Å². The van der Waals surface area contributed by atoms with Crippen molar-refractivity contribution in [2.75, 3.05) is 25.4 Å². The summed E-state index contributed by atoms with van der Waals surface area (Å²) in [6.07, 6.45) is 3.21. The predicted molar refractivity (Wildman–Crippen MR) is 72.7 cm³/mol. The summed E-state index contributed by atoms with van der Waals surface area (Å²) in [5.74, 6) is 0.750. The fourth-order valence-corrected chi connectivity index (χ4v) is 4.21. The van der Waals surface area contributed by atoms with Gasteiger partial charge in [-0.1, -0.05) is 20.8 Å². The van der Waals surface area contributed by atoms with Gasteiger partial charge in [0, 0.05) is 33.9 Å². The van der Waals surface area contributed by atoms with Crippen LogP contribution in [0.2, 0.25) is 0 Å². The van der Waals surface area contributed by atoms with Crippen LogP contribution in [0, 0.1) is 0 Å². The molecule has 0 saturated carbocycles. The predicted octanol–water partition coefficient (Wildman–Crippen LogP) is 0.556. The van der Waals surface area contributed by atoms with Crippen molar-refractivity contribution in [2.24, 2.45) is 0 Å². The highest BCUT2D eigenvalue weighted by atomic mass is 32.2. The lowest BCUT2D eigenvalue weighted by atomic mass is 9.95. The zero-order chi connectivity index (χ0) is 12.2. The highest BCUT2D eigenvalue weighted by molar-refractivity contribution is 7.85. The van der Waals surface area contributed by atoms with E-state index in [0.29, 0.717) is 5.25 Å². The Morgan fingerprint density at radius 3 is 2.59 bits per heavy atom. The molecule has 4 nitrogen and oxygen atoms in total. The molecule has 0 aromatic carbocycles. The van der Waals surface area contributed by atoms with Crippen LogP contribution < -0.4 is 0 Å². The molecule has 2 fully saturated rings. The third-order valence-corrected chi connectivity index (χ3v) is 5.35. The monoisotopic (exact) mass is 265 g/mol. The molecule has 5 heteroatoms. The second-order valence-corrected chi connectivity index (χ2v) is 6.43. The normalized spacial score (nSPS) is 33.3. The molecule has 2 saturated heterocycles. The second-order valence-electron chi connectivity index (χ2n) is 4.43. The Hall–Kier alpha value is 0.0300. The minimum absolute atomic E-state index is 0. The molecule has 0 aromatic heterocycles. The van der Waals surface area contributed by atoms with Crippen molar-refractivity contribution in [3.63, 3.8) is 0 Å². The van der Waals surface area contributed by atoms with Crippen LogP contribution in [0.5, 0.6) is 0 Å². The number of hydrogen-bond donors (Lipinski definition) is 1. The number of aliphatic hydroxyl groups excluding tert-OH is 1. The average Bonchev–Trinajstić information content (AvgIpc) is 2.87. The van der Waals surface area contributed by atoms with E-state index >= 15 is 0 Å². The van der Waals surface area contributed by atoms with E-state index in [0.717, 1.165) is 31.7 Å². The van der Waals surface area contributed by atoms with Gasteiger partial charge in [0.25, 0.3) is 0 Å². The first-order valence-electron chi connectivity index (χ1n) is 6.45. The van der Waals surface area contributed by atoms with Crippen LogP contribution in [0.25, 0.3) is 0 Å². The van der Waals surface area contributed by atoms with Crippen molar-refractivity contribution >= 4 is 10.8 Å². The van der Waals surface area contributed by atoms with Gasteiger partial charge in [0.2, 0.25) is 0 Å². The van der Waals surface area contributed by atoms with E-state index in [2.05, 4.69) is 4.90 Å². The summed E-state index contributed by atoms with van der Waals surface area (Å²) >= 11 is 0. The molecule has 0 radical (unpaired) electrons. The minimum Gasteiger partial charge on any atom is -0.412 e. The van der Waals surface area contributed by atoms with Crippen LogP contribution in [0.15, 0.2) is 0 Å². The molecule has 0 aromatic rings. The quantitative estimate of drug-likeness (QED) is 0.810. The topological polar surface area (TPSA) is 72.0 Å². The van der Waals surface area contributed by atoms with Gasteiger partial charge in [-0.3, -0.25) is 9.11 Å². The Morgan fingerprint density at radius 1 is 1.47 bits per heavy atom. The Morgan fingerprint density at radius 2 is 2.12 bits per heavy atom. The van der Waals surface area contributed by atoms with Gasteiger partial charge in [-0.05, 0) is 25.8 Å². The summed E-state index contributed by atoms with van der Waals surface area (Å²) in [5.41, 5.74) is -0.00447. The Balaban J connectivity index is 0.000000811. The molecular weight excluding hydrogens is 238 g/mol. The number of rotatable bonds is 3. The van der Waals surface area contributed by atoms with E-state index in [4.69, 9.17) is 0 Å². The molecule has 2 heterocycles. The van der Waals surface area contributed by atoms with Gasteiger partial charge in [0.05, 0.1) is 6.61 Å². The van der Waals surface area contributed by atoms with Gasteiger partial charge in [0.15, 0.2) is 0 Å². The maximum atomic E-state index is 11.7. The fourth-order valence-electron chi connectivity index (χ4n) is 2.90. The summed E-state index contributed by atoms with van der Waals surface area (Å²) < 4.78 is 11.7. The zero-order valence-corrected chi connectivity index (χ0v) is 12.1. The Bertz CT molecular complexity index is 250. The molecule has 1 unspecified atom stereocenters. The summed E-state index contributed by atoms with van der Waals surface area (Å²) in [6.45, 7) is 8.23. The first kappa shape index (κ1) is 17.0. The van der Waals surface area contributed by atoms with Crippen molar-refractivity contribution in [1.82, 2.24) is 4.90 Å². The van der Waals surface area contributed by atoms with Crippen LogP contribution >= 0.6 is 0 Å². The van der Waals surface area contributed by atoms with Crippen LogP contribution in [0.1, 0.15) is 40.0 Å². The molecule has 2 aliphatic heterocycles. The molecule has 104 valence electrons. The molecule has 3 N–H and O–H groups in total. The maximum absolute atomic E-state index is 11.7. The van der Waals surface area contributed by atoms with Crippen molar-refractivity contribution < 1.29 is 14.8 Å². The highest BCUT2D eigenvalue weighted by Crippen LogP contribution is 2.39. The number of hydrogen-bond acceptors (Lipinski definition) is 3. The van der Waals surface area contributed by atoms with Crippen molar-refractivity contribution in [2.45, 2.75) is 50.8 Å². The Labute approximate surface area is 107 Å². The largest absolute Gasteiger partial charge is 0.412 e. The van der Waals surface area contributed by atoms with E-state index in [1.54, 1.807) is 0 Å². The molecule has 2 rings (SSSR count). The molecule has 0 aliphatic carbocycles. The molecular formula is C12H27NO3S. The summed E-state index contributed by atoms with van der Waals surface area (Å²) in [6, 6.07) is 0.